The van der Waals surface area contributed by atoms with Gasteiger partial charge in [-0.25, -0.2) is 0 Å². The van der Waals surface area contributed by atoms with Crippen molar-refractivity contribution < 1.29 is 4.21 Å². The summed E-state index contributed by atoms with van der Waals surface area (Å²) in [5.74, 6) is 2.48. The molecule has 0 aromatic heterocycles. The van der Waals surface area contributed by atoms with E-state index in [9.17, 15) is 4.21 Å². The van der Waals surface area contributed by atoms with Crippen molar-refractivity contribution in [2.24, 2.45) is 11.8 Å². The van der Waals surface area contributed by atoms with Crippen LogP contribution in [0.1, 0.15) is 46.0 Å². The molecule has 0 saturated heterocycles. The number of rotatable bonds is 6. The maximum atomic E-state index is 11.0. The second-order valence-electron chi connectivity index (χ2n) is 5.38. The monoisotopic (exact) mass is 245 g/mol. The first kappa shape index (κ1) is 14.2. The zero-order valence-corrected chi connectivity index (χ0v) is 11.8. The van der Waals surface area contributed by atoms with Crippen LogP contribution in [0.25, 0.3) is 0 Å². The summed E-state index contributed by atoms with van der Waals surface area (Å²) in [5.41, 5.74) is 0. The molecule has 3 atom stereocenters. The van der Waals surface area contributed by atoms with E-state index in [1.807, 2.05) is 0 Å². The van der Waals surface area contributed by atoms with E-state index < -0.39 is 10.8 Å². The van der Waals surface area contributed by atoms with Gasteiger partial charge in [0.1, 0.15) is 0 Å². The lowest BCUT2D eigenvalue weighted by Crippen LogP contribution is -2.41. The van der Waals surface area contributed by atoms with Crippen LogP contribution < -0.4 is 5.32 Å². The van der Waals surface area contributed by atoms with Gasteiger partial charge in [-0.05, 0) is 37.6 Å². The average Bonchev–Trinajstić information content (AvgIpc) is 2.24. The van der Waals surface area contributed by atoms with Gasteiger partial charge in [0, 0.05) is 28.9 Å². The lowest BCUT2D eigenvalue weighted by Gasteiger charge is -2.35. The van der Waals surface area contributed by atoms with Gasteiger partial charge < -0.3 is 5.32 Å². The van der Waals surface area contributed by atoms with Crippen LogP contribution in [0.5, 0.6) is 0 Å². The summed E-state index contributed by atoms with van der Waals surface area (Å²) in [7, 11) is -0.630. The van der Waals surface area contributed by atoms with Crippen molar-refractivity contribution >= 4 is 10.8 Å². The molecule has 1 N–H and O–H groups in total. The molecule has 0 spiro atoms. The first-order valence-corrected chi connectivity index (χ1v) is 8.37. The Labute approximate surface area is 103 Å². The second-order valence-corrected chi connectivity index (χ2v) is 6.94. The van der Waals surface area contributed by atoms with Crippen molar-refractivity contribution in [1.82, 2.24) is 5.32 Å². The molecular formula is C13H27NOS. The Morgan fingerprint density at radius 1 is 1.31 bits per heavy atom. The third-order valence-electron chi connectivity index (χ3n) is 3.69. The molecular weight excluding hydrogens is 218 g/mol. The van der Waals surface area contributed by atoms with Crippen LogP contribution in [-0.4, -0.2) is 28.8 Å². The van der Waals surface area contributed by atoms with E-state index in [1.54, 1.807) is 6.26 Å². The number of hydrogen-bond donors (Lipinski definition) is 1. The fraction of sp³-hybridized carbons (Fsp3) is 1.00. The van der Waals surface area contributed by atoms with Gasteiger partial charge in [-0.1, -0.05) is 26.7 Å². The SMILES string of the molecule is CC(C)C1CCCCC1NCCCS(C)=O. The van der Waals surface area contributed by atoms with Crippen molar-refractivity contribution in [2.45, 2.75) is 52.0 Å². The minimum absolute atomic E-state index is 0.630. The van der Waals surface area contributed by atoms with E-state index in [0.717, 1.165) is 30.6 Å². The van der Waals surface area contributed by atoms with Gasteiger partial charge in [-0.3, -0.25) is 4.21 Å². The molecule has 0 aliphatic heterocycles. The largest absolute Gasteiger partial charge is 0.314 e. The van der Waals surface area contributed by atoms with Crippen molar-refractivity contribution in [3.05, 3.63) is 0 Å². The highest BCUT2D eigenvalue weighted by Gasteiger charge is 2.26. The molecule has 0 amide bonds. The molecule has 2 nitrogen and oxygen atoms in total. The Morgan fingerprint density at radius 2 is 2.00 bits per heavy atom. The van der Waals surface area contributed by atoms with E-state index in [0.29, 0.717) is 6.04 Å². The Kier molecular flexibility index (Phi) is 6.59. The third kappa shape index (κ3) is 4.96. The molecule has 0 radical (unpaired) electrons. The van der Waals surface area contributed by atoms with Gasteiger partial charge in [-0.2, -0.15) is 0 Å². The topological polar surface area (TPSA) is 29.1 Å². The molecule has 0 heterocycles. The molecule has 96 valence electrons. The standard InChI is InChI=1S/C13H27NOS/c1-11(2)12-7-4-5-8-13(12)14-9-6-10-16(3)15/h11-14H,4-10H2,1-3H3. The Bertz CT molecular complexity index is 218. The van der Waals surface area contributed by atoms with E-state index in [1.165, 1.54) is 25.7 Å². The lowest BCUT2D eigenvalue weighted by molar-refractivity contribution is 0.206. The van der Waals surface area contributed by atoms with E-state index >= 15 is 0 Å². The van der Waals surface area contributed by atoms with E-state index in [4.69, 9.17) is 0 Å². The van der Waals surface area contributed by atoms with Crippen molar-refractivity contribution in [3.8, 4) is 0 Å². The average molecular weight is 245 g/mol. The van der Waals surface area contributed by atoms with Crippen LogP contribution in [0.4, 0.5) is 0 Å². The first-order valence-electron chi connectivity index (χ1n) is 6.64. The maximum absolute atomic E-state index is 11.0. The molecule has 0 bridgehead atoms. The Morgan fingerprint density at radius 3 is 2.62 bits per heavy atom. The Balaban J connectivity index is 2.24. The van der Waals surface area contributed by atoms with Crippen LogP contribution >= 0.6 is 0 Å². The van der Waals surface area contributed by atoms with E-state index in [-0.39, 0.29) is 0 Å². The van der Waals surface area contributed by atoms with Crippen molar-refractivity contribution in [2.75, 3.05) is 18.6 Å². The summed E-state index contributed by atoms with van der Waals surface area (Å²) in [5, 5.41) is 3.67. The second kappa shape index (κ2) is 7.44. The normalized spacial score (nSPS) is 28.2. The summed E-state index contributed by atoms with van der Waals surface area (Å²) in [6.45, 7) is 5.71. The summed E-state index contributed by atoms with van der Waals surface area (Å²) >= 11 is 0. The van der Waals surface area contributed by atoms with Crippen LogP contribution in [0, 0.1) is 11.8 Å². The summed E-state index contributed by atoms with van der Waals surface area (Å²) < 4.78 is 11.0. The van der Waals surface area contributed by atoms with Gasteiger partial charge in [0.2, 0.25) is 0 Å². The lowest BCUT2D eigenvalue weighted by atomic mass is 9.78. The highest BCUT2D eigenvalue weighted by Crippen LogP contribution is 2.30. The third-order valence-corrected chi connectivity index (χ3v) is 4.55. The summed E-state index contributed by atoms with van der Waals surface area (Å²) in [6.07, 6.45) is 8.33. The molecule has 1 saturated carbocycles. The molecule has 1 fully saturated rings. The summed E-state index contributed by atoms with van der Waals surface area (Å²) in [4.78, 5) is 0. The minimum atomic E-state index is -0.630. The molecule has 3 unspecified atom stereocenters. The molecule has 1 aliphatic rings. The maximum Gasteiger partial charge on any atom is 0.0244 e. The fourth-order valence-electron chi connectivity index (χ4n) is 2.77. The van der Waals surface area contributed by atoms with E-state index in [2.05, 4.69) is 19.2 Å². The summed E-state index contributed by atoms with van der Waals surface area (Å²) in [6, 6.07) is 0.707. The number of hydrogen-bond acceptors (Lipinski definition) is 2. The molecule has 16 heavy (non-hydrogen) atoms. The van der Waals surface area contributed by atoms with Gasteiger partial charge in [0.25, 0.3) is 0 Å². The van der Waals surface area contributed by atoms with Crippen molar-refractivity contribution in [3.63, 3.8) is 0 Å². The van der Waals surface area contributed by atoms with Crippen molar-refractivity contribution in [1.29, 1.82) is 0 Å². The zero-order valence-electron chi connectivity index (χ0n) is 11.0. The highest BCUT2D eigenvalue weighted by atomic mass is 32.2. The van der Waals surface area contributed by atoms with Gasteiger partial charge in [0.05, 0.1) is 0 Å². The molecule has 3 heteroatoms. The highest BCUT2D eigenvalue weighted by molar-refractivity contribution is 7.84. The molecule has 1 aliphatic carbocycles. The van der Waals surface area contributed by atoms with Gasteiger partial charge in [-0.15, -0.1) is 0 Å². The zero-order chi connectivity index (χ0) is 12.0. The molecule has 0 aromatic carbocycles. The van der Waals surface area contributed by atoms with Crippen LogP contribution in [0.3, 0.4) is 0 Å². The predicted octanol–water partition coefficient (Wildman–Crippen LogP) is 2.56. The predicted molar refractivity (Wildman–Crippen MR) is 72.1 cm³/mol. The first-order chi connectivity index (χ1) is 7.61. The quantitative estimate of drug-likeness (QED) is 0.729. The van der Waals surface area contributed by atoms with Gasteiger partial charge in [0.15, 0.2) is 0 Å². The number of nitrogens with one attached hydrogen (secondary N) is 1. The van der Waals surface area contributed by atoms with Gasteiger partial charge >= 0.3 is 0 Å². The van der Waals surface area contributed by atoms with Crippen LogP contribution in [0.2, 0.25) is 0 Å². The van der Waals surface area contributed by atoms with Crippen LogP contribution in [0.15, 0.2) is 0 Å². The smallest absolute Gasteiger partial charge is 0.0244 e. The fourth-order valence-corrected chi connectivity index (χ4v) is 3.32. The molecule has 0 aromatic rings. The van der Waals surface area contributed by atoms with Crippen LogP contribution in [-0.2, 0) is 10.8 Å². The minimum Gasteiger partial charge on any atom is -0.314 e. The molecule has 1 rings (SSSR count). The Hall–Kier alpha value is 0.110.